The van der Waals surface area contributed by atoms with Crippen molar-refractivity contribution in [3.63, 3.8) is 0 Å². The number of pyridine rings is 1. The number of ether oxygens (including phenoxy) is 1. The van der Waals surface area contributed by atoms with Crippen LogP contribution < -0.4 is 15.7 Å². The molecule has 1 amide bonds. The number of fused-ring (bicyclic) bond motifs is 1. The van der Waals surface area contributed by atoms with Crippen molar-refractivity contribution < 1.29 is 9.53 Å². The Labute approximate surface area is 171 Å². The summed E-state index contributed by atoms with van der Waals surface area (Å²) in [4.78, 5) is 34.6. The number of carbonyl (C=O) groups excluding carboxylic acids is 1. The van der Waals surface area contributed by atoms with Crippen molar-refractivity contribution in [2.24, 2.45) is 0 Å². The fraction of sp³-hybridized carbons (Fsp3) is 0.190. The van der Waals surface area contributed by atoms with Crippen molar-refractivity contribution in [1.29, 1.82) is 0 Å². The molecule has 4 rings (SSSR count). The van der Waals surface area contributed by atoms with Gasteiger partial charge in [0.25, 0.3) is 5.91 Å². The monoisotopic (exact) mass is 404 g/mol. The van der Waals surface area contributed by atoms with Gasteiger partial charge in [-0.15, -0.1) is 0 Å². The first-order chi connectivity index (χ1) is 14.6. The Kier molecular flexibility index (Phi) is 5.25. The molecular weight excluding hydrogens is 384 g/mol. The highest BCUT2D eigenvalue weighted by atomic mass is 16.5. The van der Waals surface area contributed by atoms with Gasteiger partial charge in [0.1, 0.15) is 11.3 Å². The third-order valence-electron chi connectivity index (χ3n) is 4.61. The summed E-state index contributed by atoms with van der Waals surface area (Å²) >= 11 is 0. The summed E-state index contributed by atoms with van der Waals surface area (Å²) < 4.78 is 6.42. The normalized spacial score (nSPS) is 10.9. The number of H-pyrrole nitrogens is 1. The number of nitrogens with zero attached hydrogens (tertiary/aromatic N) is 4. The van der Waals surface area contributed by atoms with Gasteiger partial charge in [0.05, 0.1) is 18.4 Å². The molecular formula is C21H20N6O3. The van der Waals surface area contributed by atoms with Gasteiger partial charge in [-0.25, -0.2) is 4.98 Å². The fourth-order valence-corrected chi connectivity index (χ4v) is 3.15. The van der Waals surface area contributed by atoms with E-state index in [0.29, 0.717) is 28.8 Å². The predicted molar refractivity (Wildman–Crippen MR) is 112 cm³/mol. The van der Waals surface area contributed by atoms with E-state index in [1.54, 1.807) is 49.7 Å². The third-order valence-corrected chi connectivity index (χ3v) is 4.61. The van der Waals surface area contributed by atoms with Crippen LogP contribution in [0.5, 0.6) is 5.75 Å². The highest BCUT2D eigenvalue weighted by Gasteiger charge is 2.20. The topological polar surface area (TPSA) is 115 Å². The zero-order valence-electron chi connectivity index (χ0n) is 16.5. The van der Waals surface area contributed by atoms with Gasteiger partial charge in [0, 0.05) is 18.0 Å². The van der Waals surface area contributed by atoms with E-state index in [1.165, 1.54) is 6.20 Å². The number of aromatic amines is 1. The molecule has 0 saturated heterocycles. The molecule has 0 aliphatic rings. The van der Waals surface area contributed by atoms with Crippen LogP contribution in [-0.4, -0.2) is 37.9 Å². The van der Waals surface area contributed by atoms with E-state index in [2.05, 4.69) is 20.6 Å². The van der Waals surface area contributed by atoms with Crippen LogP contribution >= 0.6 is 0 Å². The first kappa shape index (κ1) is 19.3. The molecule has 9 nitrogen and oxygen atoms in total. The zero-order valence-corrected chi connectivity index (χ0v) is 16.5. The predicted octanol–water partition coefficient (Wildman–Crippen LogP) is 2.53. The Morgan fingerprint density at radius 1 is 1.23 bits per heavy atom. The van der Waals surface area contributed by atoms with Crippen LogP contribution in [0.2, 0.25) is 0 Å². The lowest BCUT2D eigenvalue weighted by atomic mass is 10.2. The van der Waals surface area contributed by atoms with E-state index in [0.717, 1.165) is 16.8 Å². The molecule has 0 spiro atoms. The molecule has 3 heterocycles. The van der Waals surface area contributed by atoms with Crippen molar-refractivity contribution in [2.45, 2.75) is 19.8 Å². The van der Waals surface area contributed by atoms with Crippen LogP contribution in [-0.2, 0) is 6.42 Å². The molecule has 0 atom stereocenters. The molecule has 152 valence electrons. The molecule has 4 aromatic rings. The molecule has 1 aromatic carbocycles. The molecule has 0 radical (unpaired) electrons. The fourth-order valence-electron chi connectivity index (χ4n) is 3.15. The summed E-state index contributed by atoms with van der Waals surface area (Å²) in [5, 5.41) is 7.03. The van der Waals surface area contributed by atoms with Gasteiger partial charge in [-0.05, 0) is 30.7 Å². The number of aromatic nitrogens is 5. The molecule has 0 aliphatic heterocycles. The molecule has 30 heavy (non-hydrogen) atoms. The van der Waals surface area contributed by atoms with Crippen molar-refractivity contribution in [3.8, 4) is 17.1 Å². The van der Waals surface area contributed by atoms with Crippen LogP contribution in [0, 0.1) is 0 Å². The minimum absolute atomic E-state index is 0.164. The molecule has 0 bridgehead atoms. The maximum Gasteiger partial charge on any atom is 0.301 e. The summed E-state index contributed by atoms with van der Waals surface area (Å²) in [5.41, 5.74) is 4.52. The number of hydrogen-bond acceptors (Lipinski definition) is 6. The van der Waals surface area contributed by atoms with Crippen molar-refractivity contribution in [1.82, 2.24) is 24.8 Å². The third kappa shape index (κ3) is 3.52. The highest BCUT2D eigenvalue weighted by molar-refractivity contribution is 6.00. The van der Waals surface area contributed by atoms with E-state index in [4.69, 9.17) is 9.72 Å². The van der Waals surface area contributed by atoms with Crippen molar-refractivity contribution in [2.75, 3.05) is 12.5 Å². The van der Waals surface area contributed by atoms with Gasteiger partial charge in [-0.2, -0.15) is 9.77 Å². The Morgan fingerprint density at radius 3 is 2.83 bits per heavy atom. The summed E-state index contributed by atoms with van der Waals surface area (Å²) in [7, 11) is 1.56. The van der Waals surface area contributed by atoms with Crippen LogP contribution in [0.25, 0.3) is 22.4 Å². The van der Waals surface area contributed by atoms with Crippen LogP contribution in [0.1, 0.15) is 29.4 Å². The summed E-state index contributed by atoms with van der Waals surface area (Å²) in [6.07, 6.45) is 4.56. The number of methoxy groups -OCH3 is 1. The van der Waals surface area contributed by atoms with E-state index >= 15 is 0 Å². The smallest absolute Gasteiger partial charge is 0.301 e. The molecule has 0 unspecified atom stereocenters. The van der Waals surface area contributed by atoms with E-state index in [9.17, 15) is 9.59 Å². The van der Waals surface area contributed by atoms with Crippen LogP contribution in [0.15, 0.2) is 53.6 Å². The zero-order chi connectivity index (χ0) is 21.1. The quantitative estimate of drug-likeness (QED) is 0.510. The van der Waals surface area contributed by atoms with E-state index in [1.807, 2.05) is 6.92 Å². The second-order valence-electron chi connectivity index (χ2n) is 6.64. The lowest BCUT2D eigenvalue weighted by Gasteiger charge is -2.14. The van der Waals surface area contributed by atoms with Gasteiger partial charge in [0.15, 0.2) is 11.3 Å². The van der Waals surface area contributed by atoms with Crippen LogP contribution in [0.3, 0.4) is 0 Å². The van der Waals surface area contributed by atoms with Gasteiger partial charge >= 0.3 is 5.56 Å². The summed E-state index contributed by atoms with van der Waals surface area (Å²) in [5.74, 6) is 0.398. The average Bonchev–Trinajstić information content (AvgIpc) is 3.19. The Hall–Kier alpha value is -4.01. The average molecular weight is 404 g/mol. The standard InChI is InChI=1S/C21H20N6O3/c1-3-6-16-17-18(25-24-16)21(29)27(26-20(28)14-8-5-10-22-12-14)19(23-17)13-7-4-9-15(11-13)30-2/h4-5,7-12H,3,6H2,1-2H3,(H,24,25)(H,26,28). The minimum atomic E-state index is -0.486. The Bertz CT molecular complexity index is 1260. The maximum atomic E-state index is 13.2. The SMILES string of the molecule is CCCc1[nH]nc2c(=O)n(NC(=O)c3cccnc3)c(-c3cccc(OC)c3)nc12. The number of benzene rings is 1. The van der Waals surface area contributed by atoms with Crippen LogP contribution in [0.4, 0.5) is 0 Å². The minimum Gasteiger partial charge on any atom is -0.497 e. The van der Waals surface area contributed by atoms with Gasteiger partial charge < -0.3 is 4.74 Å². The number of carbonyl (C=O) groups is 1. The molecule has 3 aromatic heterocycles. The molecule has 0 aliphatic carbocycles. The van der Waals surface area contributed by atoms with Crippen molar-refractivity contribution in [3.05, 3.63) is 70.4 Å². The highest BCUT2D eigenvalue weighted by Crippen LogP contribution is 2.23. The molecule has 9 heteroatoms. The Morgan fingerprint density at radius 2 is 2.10 bits per heavy atom. The summed E-state index contributed by atoms with van der Waals surface area (Å²) in [6, 6.07) is 10.4. The molecule has 2 N–H and O–H groups in total. The molecule has 0 fully saturated rings. The summed E-state index contributed by atoms with van der Waals surface area (Å²) in [6.45, 7) is 2.03. The number of rotatable bonds is 6. The maximum absolute atomic E-state index is 13.2. The number of amides is 1. The first-order valence-corrected chi connectivity index (χ1v) is 9.48. The van der Waals surface area contributed by atoms with Gasteiger partial charge in [-0.3, -0.25) is 25.1 Å². The second kappa shape index (κ2) is 8.16. The first-order valence-electron chi connectivity index (χ1n) is 9.48. The van der Waals surface area contributed by atoms with E-state index in [-0.39, 0.29) is 11.3 Å². The van der Waals surface area contributed by atoms with Gasteiger partial charge in [-0.1, -0.05) is 25.5 Å². The molecule has 0 saturated carbocycles. The largest absolute Gasteiger partial charge is 0.497 e. The Balaban J connectivity index is 1.91. The van der Waals surface area contributed by atoms with Gasteiger partial charge in [0.2, 0.25) is 0 Å². The van der Waals surface area contributed by atoms with E-state index < -0.39 is 11.5 Å². The number of aryl methyl sites for hydroxylation is 1. The number of hydrogen-bond donors (Lipinski definition) is 2. The number of nitrogens with one attached hydrogen (secondary N) is 2. The second-order valence-corrected chi connectivity index (χ2v) is 6.64. The lowest BCUT2D eigenvalue weighted by molar-refractivity contribution is 0.101. The van der Waals surface area contributed by atoms with Crippen molar-refractivity contribution >= 4 is 16.9 Å². The lowest BCUT2D eigenvalue weighted by Crippen LogP contribution is -2.35.